The molecule has 0 unspecified atom stereocenters. The Bertz CT molecular complexity index is 665. The van der Waals surface area contributed by atoms with Gasteiger partial charge in [-0.2, -0.15) is 0 Å². The van der Waals surface area contributed by atoms with Crippen molar-refractivity contribution in [2.45, 2.75) is 40.5 Å². The highest BCUT2D eigenvalue weighted by atomic mass is 32.3. The van der Waals surface area contributed by atoms with Crippen LogP contribution in [0.4, 0.5) is 0 Å². The monoisotopic (exact) mass is 362 g/mol. The smallest absolute Gasteiger partial charge is 0.189 e. The molecule has 23 heavy (non-hydrogen) atoms. The van der Waals surface area contributed by atoms with Gasteiger partial charge in [-0.1, -0.05) is 27.7 Å². The Kier molecular flexibility index (Phi) is 7.07. The van der Waals surface area contributed by atoms with E-state index < -0.39 is 23.9 Å². The number of furan rings is 1. The summed E-state index contributed by atoms with van der Waals surface area (Å²) >= 11 is 0. The van der Waals surface area contributed by atoms with E-state index in [0.717, 1.165) is 6.08 Å². The zero-order chi connectivity index (χ0) is 17.7. The summed E-state index contributed by atoms with van der Waals surface area (Å²) in [6.45, 7) is 7.61. The van der Waals surface area contributed by atoms with Gasteiger partial charge in [0.15, 0.2) is 23.9 Å². The molecule has 0 aliphatic carbocycles. The highest BCUT2D eigenvalue weighted by Crippen LogP contribution is 2.24. The molecule has 0 N–H and O–H groups in total. The van der Waals surface area contributed by atoms with Gasteiger partial charge in [-0.15, -0.1) is 0 Å². The fourth-order valence-corrected chi connectivity index (χ4v) is 6.45. The van der Waals surface area contributed by atoms with Crippen LogP contribution < -0.4 is 0 Å². The lowest BCUT2D eigenvalue weighted by molar-refractivity contribution is 0.555. The van der Waals surface area contributed by atoms with E-state index in [1.807, 2.05) is 27.7 Å². The van der Waals surface area contributed by atoms with Crippen LogP contribution in [0.5, 0.6) is 0 Å². The van der Waals surface area contributed by atoms with Crippen molar-refractivity contribution >= 4 is 25.8 Å². The van der Waals surface area contributed by atoms with Crippen LogP contribution >= 0.6 is 0 Å². The summed E-state index contributed by atoms with van der Waals surface area (Å²) in [5.74, 6) is 0.207. The van der Waals surface area contributed by atoms with Crippen molar-refractivity contribution in [3.05, 3.63) is 28.4 Å². The van der Waals surface area contributed by atoms with Gasteiger partial charge in [0.1, 0.15) is 5.76 Å². The molecule has 132 valence electrons. The first kappa shape index (κ1) is 20.0. The zero-order valence-electron chi connectivity index (χ0n) is 14.2. The van der Waals surface area contributed by atoms with Crippen molar-refractivity contribution in [1.29, 1.82) is 0 Å². The van der Waals surface area contributed by atoms with E-state index in [2.05, 4.69) is 0 Å². The maximum absolute atomic E-state index is 12.6. The Morgan fingerprint density at radius 3 is 1.83 bits per heavy atom. The third-order valence-electron chi connectivity index (χ3n) is 3.34. The molecule has 7 heteroatoms. The van der Waals surface area contributed by atoms with Gasteiger partial charge in [0.25, 0.3) is 0 Å². The molecule has 0 saturated heterocycles. The average molecular weight is 363 g/mol. The second kappa shape index (κ2) is 8.15. The van der Waals surface area contributed by atoms with Crippen molar-refractivity contribution in [3.8, 4) is 0 Å². The average Bonchev–Trinajstić information content (AvgIpc) is 2.93. The Balaban J connectivity index is 3.23. The van der Waals surface area contributed by atoms with Crippen LogP contribution in [-0.4, -0.2) is 28.3 Å². The Labute approximate surface area is 139 Å². The summed E-state index contributed by atoms with van der Waals surface area (Å²) in [5.41, 5.74) is 0. The summed E-state index contributed by atoms with van der Waals surface area (Å²) in [5, 5.41) is 0. The third kappa shape index (κ3) is 6.51. The van der Waals surface area contributed by atoms with Crippen LogP contribution in [0.2, 0.25) is 0 Å². The van der Waals surface area contributed by atoms with Gasteiger partial charge < -0.3 is 4.42 Å². The Morgan fingerprint density at radius 1 is 1.00 bits per heavy atom. The number of rotatable bonds is 9. The molecule has 1 rings (SSSR count). The van der Waals surface area contributed by atoms with Crippen molar-refractivity contribution in [2.75, 3.05) is 11.5 Å². The molecule has 0 aliphatic heterocycles. The van der Waals surface area contributed by atoms with Gasteiger partial charge in [0.2, 0.25) is 0 Å². The van der Waals surface area contributed by atoms with Crippen LogP contribution in [0.3, 0.4) is 0 Å². The van der Waals surface area contributed by atoms with E-state index in [1.165, 1.54) is 12.3 Å². The summed E-state index contributed by atoms with van der Waals surface area (Å²) in [7, 11) is -7.77. The zero-order valence-corrected chi connectivity index (χ0v) is 15.8. The molecular weight excluding hydrogens is 336 g/mol. The maximum Gasteiger partial charge on any atom is 0.189 e. The molecule has 0 fully saturated rings. The molecule has 0 saturated carbocycles. The molecular formula is C16H26O5S2. The van der Waals surface area contributed by atoms with E-state index in [9.17, 15) is 16.8 Å². The molecule has 0 spiro atoms. The largest absolute Gasteiger partial charge is 0.465 e. The minimum absolute atomic E-state index is 0.174. The number of sulfone groups is 2. The standard InChI is InChI=1S/C16H26O5S2/c1-13(2)7-10-22(17,18)16(12-15-6-5-9-21-15)23(19,20)11-8-14(3)4/h5-6,9,12-14H,7-8,10-11H2,1-4H3. The predicted octanol–water partition coefficient (Wildman–Crippen LogP) is 3.50. The molecule has 0 bridgehead atoms. The highest BCUT2D eigenvalue weighted by Gasteiger charge is 2.30. The fourth-order valence-electron chi connectivity index (χ4n) is 1.85. The summed E-state index contributed by atoms with van der Waals surface area (Å²) in [6, 6.07) is 3.13. The molecule has 0 atom stereocenters. The van der Waals surface area contributed by atoms with Crippen molar-refractivity contribution < 1.29 is 21.3 Å². The quantitative estimate of drug-likeness (QED) is 0.671. The minimum Gasteiger partial charge on any atom is -0.465 e. The second-order valence-corrected chi connectivity index (χ2v) is 10.9. The van der Waals surface area contributed by atoms with Crippen molar-refractivity contribution in [1.82, 2.24) is 0 Å². The van der Waals surface area contributed by atoms with Crippen LogP contribution in [0.1, 0.15) is 46.3 Å². The molecule has 1 aromatic heterocycles. The molecule has 0 aliphatic rings. The number of hydrogen-bond acceptors (Lipinski definition) is 5. The molecule has 5 nitrogen and oxygen atoms in total. The van der Waals surface area contributed by atoms with Gasteiger partial charge in [0.05, 0.1) is 17.8 Å². The first-order valence-corrected chi connectivity index (χ1v) is 11.1. The maximum atomic E-state index is 12.6. The molecule has 1 heterocycles. The Morgan fingerprint density at radius 2 is 1.48 bits per heavy atom. The van der Waals surface area contributed by atoms with E-state index in [0.29, 0.717) is 12.8 Å². The van der Waals surface area contributed by atoms with Crippen LogP contribution in [-0.2, 0) is 19.7 Å². The van der Waals surface area contributed by atoms with Crippen LogP contribution in [0, 0.1) is 11.8 Å². The van der Waals surface area contributed by atoms with Gasteiger partial charge >= 0.3 is 0 Å². The van der Waals surface area contributed by atoms with Crippen LogP contribution in [0.15, 0.2) is 27.1 Å². The molecule has 0 aromatic carbocycles. The second-order valence-electron chi connectivity index (χ2n) is 6.48. The molecule has 1 aromatic rings. The minimum atomic E-state index is -3.89. The third-order valence-corrected chi connectivity index (χ3v) is 7.88. The number of hydrogen-bond donors (Lipinski definition) is 0. The SMILES string of the molecule is CC(C)CCS(=O)(=O)C(=Cc1ccco1)S(=O)(=O)CCC(C)C. The summed E-state index contributed by atoms with van der Waals surface area (Å²) in [4.78, 5) is 0. The van der Waals surface area contributed by atoms with E-state index >= 15 is 0 Å². The van der Waals surface area contributed by atoms with E-state index in [-0.39, 0.29) is 29.1 Å². The van der Waals surface area contributed by atoms with Gasteiger partial charge in [0, 0.05) is 6.08 Å². The first-order chi connectivity index (χ1) is 10.5. The lowest BCUT2D eigenvalue weighted by Crippen LogP contribution is -2.21. The van der Waals surface area contributed by atoms with Crippen molar-refractivity contribution in [3.63, 3.8) is 0 Å². The lowest BCUT2D eigenvalue weighted by atomic mass is 10.2. The van der Waals surface area contributed by atoms with Gasteiger partial charge in [-0.25, -0.2) is 16.8 Å². The molecule has 0 radical (unpaired) electrons. The predicted molar refractivity (Wildman–Crippen MR) is 93.2 cm³/mol. The lowest BCUT2D eigenvalue weighted by Gasteiger charge is -2.12. The van der Waals surface area contributed by atoms with Crippen LogP contribution in [0.25, 0.3) is 6.08 Å². The van der Waals surface area contributed by atoms with Crippen molar-refractivity contribution in [2.24, 2.45) is 11.8 Å². The fraction of sp³-hybridized carbons (Fsp3) is 0.625. The molecule has 0 amide bonds. The van der Waals surface area contributed by atoms with E-state index in [4.69, 9.17) is 4.42 Å². The summed E-state index contributed by atoms with van der Waals surface area (Å²) in [6.07, 6.45) is 3.34. The summed E-state index contributed by atoms with van der Waals surface area (Å²) < 4.78 is 54.8. The normalized spacial score (nSPS) is 12.8. The highest BCUT2D eigenvalue weighted by molar-refractivity contribution is 8.14. The van der Waals surface area contributed by atoms with Gasteiger partial charge in [-0.05, 0) is 36.8 Å². The van der Waals surface area contributed by atoms with E-state index in [1.54, 1.807) is 6.07 Å². The first-order valence-electron chi connectivity index (χ1n) is 7.75. The van der Waals surface area contributed by atoms with Gasteiger partial charge in [-0.3, -0.25) is 0 Å². The Hall–Kier alpha value is -1.08. The topological polar surface area (TPSA) is 81.4 Å².